The van der Waals surface area contributed by atoms with Gasteiger partial charge in [0.05, 0.1) is 11.3 Å². The molecule has 0 amide bonds. The average Bonchev–Trinajstić information content (AvgIpc) is 2.59. The Labute approximate surface area is 165 Å². The summed E-state index contributed by atoms with van der Waals surface area (Å²) in [6.45, 7) is 0. The van der Waals surface area contributed by atoms with Crippen LogP contribution in [-0.4, -0.2) is 36.0 Å². The van der Waals surface area contributed by atoms with Gasteiger partial charge in [-0.1, -0.05) is 11.6 Å². The second-order valence-corrected chi connectivity index (χ2v) is 8.34. The molecule has 0 unspecified atom stereocenters. The van der Waals surface area contributed by atoms with Crippen LogP contribution in [0.15, 0.2) is 26.6 Å². The molecule has 14 heteroatoms. The number of sulfonamides is 1. The molecule has 1 aromatic carbocycles. The number of nitrogens with zero attached hydrogens (tertiary/aromatic N) is 4. The fourth-order valence-electron chi connectivity index (χ4n) is 2.42. The lowest BCUT2D eigenvalue weighted by Gasteiger charge is -2.18. The summed E-state index contributed by atoms with van der Waals surface area (Å²) >= 11 is 5.49. The monoisotopic (exact) mass is 454 g/mol. The highest BCUT2D eigenvalue weighted by Gasteiger charge is 2.39. The molecule has 2 aromatic rings. The highest BCUT2D eigenvalue weighted by atomic mass is 35.5. The first-order chi connectivity index (χ1) is 13.2. The smallest absolute Gasteiger partial charge is 0.291 e. The van der Waals surface area contributed by atoms with Crippen LogP contribution in [0.3, 0.4) is 0 Å². The van der Waals surface area contributed by atoms with Crippen molar-refractivity contribution in [3.63, 3.8) is 0 Å². The molecule has 1 heterocycles. The Morgan fingerprint density at radius 3 is 2.21 bits per heavy atom. The Kier molecular flexibility index (Phi) is 5.68. The van der Waals surface area contributed by atoms with Crippen LogP contribution in [0.2, 0.25) is 5.02 Å². The number of alkyl halides is 3. The zero-order valence-corrected chi connectivity index (χ0v) is 16.4. The second-order valence-electron chi connectivity index (χ2n) is 5.84. The second kappa shape index (κ2) is 7.29. The van der Waals surface area contributed by atoms with Crippen molar-refractivity contribution >= 4 is 21.6 Å². The molecule has 0 radical (unpaired) electrons. The average molecular weight is 455 g/mol. The number of aromatic nitrogens is 2. The van der Waals surface area contributed by atoms with E-state index < -0.39 is 60.1 Å². The number of hydrogen-bond acceptors (Lipinski definition) is 5. The molecule has 1 aromatic heterocycles. The molecule has 0 aliphatic carbocycles. The predicted molar refractivity (Wildman–Crippen MR) is 92.8 cm³/mol. The quantitative estimate of drug-likeness (QED) is 0.653. The van der Waals surface area contributed by atoms with Crippen LogP contribution >= 0.6 is 11.6 Å². The van der Waals surface area contributed by atoms with Gasteiger partial charge in [0.2, 0.25) is 10.0 Å². The van der Waals surface area contributed by atoms with Crippen LogP contribution in [0.5, 0.6) is 0 Å². The molecular formula is C15H11ClF4N4O4S. The van der Waals surface area contributed by atoms with E-state index in [0.29, 0.717) is 23.5 Å². The van der Waals surface area contributed by atoms with E-state index in [4.69, 9.17) is 16.9 Å². The van der Waals surface area contributed by atoms with E-state index in [1.54, 1.807) is 0 Å². The Morgan fingerprint density at radius 1 is 1.21 bits per heavy atom. The summed E-state index contributed by atoms with van der Waals surface area (Å²) in [6.07, 6.45) is -5.16. The van der Waals surface area contributed by atoms with Crippen LogP contribution in [0.1, 0.15) is 11.3 Å². The van der Waals surface area contributed by atoms with Gasteiger partial charge in [0.25, 0.3) is 5.56 Å². The van der Waals surface area contributed by atoms with Crippen molar-refractivity contribution in [2.75, 3.05) is 14.1 Å². The van der Waals surface area contributed by atoms with Crippen molar-refractivity contribution in [1.29, 1.82) is 5.26 Å². The van der Waals surface area contributed by atoms with Crippen LogP contribution in [0.4, 0.5) is 17.6 Å². The Hall–Kier alpha value is -2.69. The molecule has 8 nitrogen and oxygen atoms in total. The normalized spacial score (nSPS) is 12.3. The molecule has 0 atom stereocenters. The fraction of sp³-hybridized carbons (Fsp3) is 0.267. The third-order valence-electron chi connectivity index (χ3n) is 3.85. The van der Waals surface area contributed by atoms with E-state index in [2.05, 4.69) is 0 Å². The Morgan fingerprint density at radius 2 is 1.76 bits per heavy atom. The highest BCUT2D eigenvalue weighted by molar-refractivity contribution is 7.89. The fourth-order valence-corrected chi connectivity index (χ4v) is 3.77. The van der Waals surface area contributed by atoms with Crippen LogP contribution in [-0.2, 0) is 23.2 Å². The van der Waals surface area contributed by atoms with Crippen molar-refractivity contribution in [3.05, 3.63) is 55.1 Å². The number of halogens is 5. The largest absolute Gasteiger partial charge is 0.433 e. The summed E-state index contributed by atoms with van der Waals surface area (Å²) in [5.41, 5.74) is -6.70. The van der Waals surface area contributed by atoms with E-state index in [-0.39, 0.29) is 9.13 Å². The molecule has 0 saturated heterocycles. The molecule has 0 spiro atoms. The molecule has 0 aliphatic rings. The Balaban J connectivity index is 3.04. The number of nitriles is 1. The zero-order chi connectivity index (χ0) is 22.5. The molecule has 0 saturated carbocycles. The van der Waals surface area contributed by atoms with E-state index in [1.165, 1.54) is 6.07 Å². The van der Waals surface area contributed by atoms with Crippen LogP contribution < -0.4 is 11.2 Å². The van der Waals surface area contributed by atoms with Crippen molar-refractivity contribution in [2.24, 2.45) is 7.05 Å². The van der Waals surface area contributed by atoms with Crippen LogP contribution in [0.25, 0.3) is 5.69 Å². The zero-order valence-electron chi connectivity index (χ0n) is 14.9. The summed E-state index contributed by atoms with van der Waals surface area (Å²) in [7, 11) is -1.46. The van der Waals surface area contributed by atoms with Gasteiger partial charge in [-0.2, -0.15) is 18.4 Å². The van der Waals surface area contributed by atoms with Gasteiger partial charge in [0.1, 0.15) is 21.8 Å². The maximum absolute atomic E-state index is 14.5. The van der Waals surface area contributed by atoms with Crippen molar-refractivity contribution in [2.45, 2.75) is 11.1 Å². The van der Waals surface area contributed by atoms with E-state index in [0.717, 1.165) is 14.1 Å². The molecule has 2 rings (SSSR count). The van der Waals surface area contributed by atoms with Gasteiger partial charge >= 0.3 is 11.9 Å². The van der Waals surface area contributed by atoms with Crippen LogP contribution in [0, 0.1) is 17.1 Å². The number of hydrogen-bond donors (Lipinski definition) is 0. The SMILES string of the molecule is CN(C)S(=O)(=O)c1cc(-n2c(=O)c(Cl)c(C(F)(F)F)n(C)c2=O)c(F)cc1C#N. The lowest BCUT2D eigenvalue weighted by atomic mass is 10.2. The standard InChI is InChI=1S/C15H11ClF4N4O4S/c1-22(2)29(27,28)10-5-9(8(17)4-7(10)6-21)24-13(25)11(16)12(15(18,19)20)23(3)14(24)26/h4-5H,1-3H3. The predicted octanol–water partition coefficient (Wildman–Crippen LogP) is 1.47. The lowest BCUT2D eigenvalue weighted by Crippen LogP contribution is -2.42. The molecule has 0 aliphatic heterocycles. The Bertz CT molecular complexity index is 1240. The minimum Gasteiger partial charge on any atom is -0.291 e. The van der Waals surface area contributed by atoms with Crippen molar-refractivity contribution < 1.29 is 26.0 Å². The van der Waals surface area contributed by atoms with Gasteiger partial charge in [-0.25, -0.2) is 26.5 Å². The maximum atomic E-state index is 14.5. The molecular weight excluding hydrogens is 444 g/mol. The molecule has 0 N–H and O–H groups in total. The van der Waals surface area contributed by atoms with Gasteiger partial charge in [0.15, 0.2) is 5.69 Å². The first kappa shape index (κ1) is 22.6. The first-order valence-corrected chi connectivity index (χ1v) is 9.23. The summed E-state index contributed by atoms with van der Waals surface area (Å²) < 4.78 is 79.3. The number of rotatable bonds is 3. The summed E-state index contributed by atoms with van der Waals surface area (Å²) in [5, 5.41) is 7.68. The summed E-state index contributed by atoms with van der Waals surface area (Å²) in [5.74, 6) is -1.39. The van der Waals surface area contributed by atoms with Gasteiger partial charge in [-0.05, 0) is 12.1 Å². The molecule has 0 bridgehead atoms. The topological polar surface area (TPSA) is 105 Å². The highest BCUT2D eigenvalue weighted by Crippen LogP contribution is 2.32. The third kappa shape index (κ3) is 3.66. The van der Waals surface area contributed by atoms with Crippen molar-refractivity contribution in [3.8, 4) is 11.8 Å². The molecule has 0 fully saturated rings. The molecule has 29 heavy (non-hydrogen) atoms. The number of benzene rings is 1. The molecule has 156 valence electrons. The minimum atomic E-state index is -5.16. The van der Waals surface area contributed by atoms with Crippen molar-refractivity contribution in [1.82, 2.24) is 13.4 Å². The summed E-state index contributed by atoms with van der Waals surface area (Å²) in [6, 6.07) is 2.42. The van der Waals surface area contributed by atoms with Gasteiger partial charge in [-0.3, -0.25) is 9.36 Å². The third-order valence-corrected chi connectivity index (χ3v) is 6.05. The van der Waals surface area contributed by atoms with E-state index in [1.807, 2.05) is 0 Å². The van der Waals surface area contributed by atoms with Gasteiger partial charge in [-0.15, -0.1) is 0 Å². The van der Waals surface area contributed by atoms with Gasteiger partial charge in [0, 0.05) is 21.1 Å². The lowest BCUT2D eigenvalue weighted by molar-refractivity contribution is -0.143. The van der Waals surface area contributed by atoms with E-state index in [9.17, 15) is 35.6 Å². The first-order valence-electron chi connectivity index (χ1n) is 7.41. The summed E-state index contributed by atoms with van der Waals surface area (Å²) in [4.78, 5) is 24.0. The minimum absolute atomic E-state index is 0.0124. The van der Waals surface area contributed by atoms with E-state index >= 15 is 0 Å². The maximum Gasteiger partial charge on any atom is 0.433 e. The van der Waals surface area contributed by atoms with Gasteiger partial charge < -0.3 is 0 Å².